The lowest BCUT2D eigenvalue weighted by Crippen LogP contribution is -2.09. The van der Waals surface area contributed by atoms with Gasteiger partial charge in [-0.25, -0.2) is 0 Å². The molecule has 0 saturated carbocycles. The Balaban J connectivity index is 2.45. The van der Waals surface area contributed by atoms with Crippen molar-refractivity contribution in [2.24, 2.45) is 0 Å². The molecule has 0 fully saturated rings. The van der Waals surface area contributed by atoms with Gasteiger partial charge in [0.1, 0.15) is 0 Å². The molecule has 2 aromatic carbocycles. The van der Waals surface area contributed by atoms with Crippen molar-refractivity contribution >= 4 is 5.78 Å². The Hall–Kier alpha value is -1.89. The van der Waals surface area contributed by atoms with Gasteiger partial charge in [0.25, 0.3) is 0 Å². The molecule has 22 heavy (non-hydrogen) atoms. The first-order chi connectivity index (χ1) is 10.6. The average Bonchev–Trinajstić information content (AvgIpc) is 2.51. The monoisotopic (exact) mass is 294 g/mol. The lowest BCUT2D eigenvalue weighted by atomic mass is 9.90. The molecule has 0 unspecified atom stereocenters. The molecule has 0 aliphatic carbocycles. The van der Waals surface area contributed by atoms with Crippen molar-refractivity contribution in [1.29, 1.82) is 0 Å². The van der Waals surface area contributed by atoms with E-state index in [-0.39, 0.29) is 5.78 Å². The Morgan fingerprint density at radius 2 is 1.18 bits per heavy atom. The van der Waals surface area contributed by atoms with Gasteiger partial charge in [-0.1, -0.05) is 63.1 Å². The molecule has 0 aliphatic heterocycles. The van der Waals surface area contributed by atoms with Crippen molar-refractivity contribution in [1.82, 2.24) is 0 Å². The van der Waals surface area contributed by atoms with Gasteiger partial charge in [-0.05, 0) is 48.9 Å². The van der Waals surface area contributed by atoms with Crippen LogP contribution >= 0.6 is 0 Å². The molecule has 0 atom stereocenters. The lowest BCUT2D eigenvalue weighted by Gasteiger charge is -2.13. The number of hydrogen-bond donors (Lipinski definition) is 0. The Morgan fingerprint density at radius 1 is 0.773 bits per heavy atom. The van der Waals surface area contributed by atoms with Crippen LogP contribution in [0.5, 0.6) is 0 Å². The average molecular weight is 294 g/mol. The number of aryl methyl sites for hydroxylation is 2. The Kier molecular flexibility index (Phi) is 5.54. The number of ketones is 1. The predicted molar refractivity (Wildman–Crippen MR) is 93.8 cm³/mol. The fourth-order valence-electron chi connectivity index (χ4n) is 3.08. The van der Waals surface area contributed by atoms with E-state index < -0.39 is 0 Å². The summed E-state index contributed by atoms with van der Waals surface area (Å²) in [5, 5.41) is 0. The highest BCUT2D eigenvalue weighted by Gasteiger charge is 2.16. The SMILES string of the molecule is CCCc1cccc(C(=O)c2cccc(CCC)c2C)c1C. The summed E-state index contributed by atoms with van der Waals surface area (Å²) in [4.78, 5) is 13.0. The van der Waals surface area contributed by atoms with E-state index >= 15 is 0 Å². The highest BCUT2D eigenvalue weighted by molar-refractivity contribution is 6.11. The maximum absolute atomic E-state index is 13.0. The minimum atomic E-state index is 0.158. The molecule has 0 bridgehead atoms. The van der Waals surface area contributed by atoms with Gasteiger partial charge in [0.2, 0.25) is 0 Å². The first-order valence-corrected chi connectivity index (χ1v) is 8.31. The van der Waals surface area contributed by atoms with Crippen molar-refractivity contribution < 1.29 is 4.79 Å². The molecule has 0 amide bonds. The van der Waals surface area contributed by atoms with Crippen LogP contribution in [0.1, 0.15) is 64.9 Å². The summed E-state index contributed by atoms with van der Waals surface area (Å²) >= 11 is 0. The predicted octanol–water partition coefficient (Wildman–Crippen LogP) is 5.44. The Morgan fingerprint density at radius 3 is 1.55 bits per heavy atom. The van der Waals surface area contributed by atoms with Crippen molar-refractivity contribution in [3.8, 4) is 0 Å². The molecule has 1 nitrogen and oxygen atoms in total. The summed E-state index contributed by atoms with van der Waals surface area (Å²) in [6.07, 6.45) is 4.26. The molecule has 0 heterocycles. The second-order valence-corrected chi connectivity index (χ2v) is 6.01. The van der Waals surface area contributed by atoms with Crippen LogP contribution in [0.2, 0.25) is 0 Å². The molecule has 116 valence electrons. The zero-order chi connectivity index (χ0) is 16.1. The van der Waals surface area contributed by atoms with Crippen LogP contribution in [0.4, 0.5) is 0 Å². The maximum atomic E-state index is 13.0. The first-order valence-electron chi connectivity index (χ1n) is 8.31. The summed E-state index contributed by atoms with van der Waals surface area (Å²) in [5.41, 5.74) is 6.54. The van der Waals surface area contributed by atoms with Gasteiger partial charge in [0.05, 0.1) is 0 Å². The van der Waals surface area contributed by atoms with Crippen LogP contribution in [0.15, 0.2) is 36.4 Å². The molecular formula is C21H26O. The van der Waals surface area contributed by atoms with Crippen molar-refractivity contribution in [2.75, 3.05) is 0 Å². The molecule has 1 heteroatoms. The Labute approximate surface area is 134 Å². The number of hydrogen-bond acceptors (Lipinski definition) is 1. The quantitative estimate of drug-likeness (QED) is 0.648. The third kappa shape index (κ3) is 3.30. The van der Waals surface area contributed by atoms with Gasteiger partial charge in [-0.3, -0.25) is 4.79 Å². The summed E-state index contributed by atoms with van der Waals surface area (Å²) in [7, 11) is 0. The van der Waals surface area contributed by atoms with Gasteiger partial charge in [-0.2, -0.15) is 0 Å². The number of benzene rings is 2. The molecular weight excluding hydrogens is 268 g/mol. The topological polar surface area (TPSA) is 17.1 Å². The minimum Gasteiger partial charge on any atom is -0.289 e. The van der Waals surface area contributed by atoms with E-state index in [0.717, 1.165) is 47.9 Å². The Bertz CT molecular complexity index is 610. The molecule has 0 aliphatic rings. The van der Waals surface area contributed by atoms with E-state index in [9.17, 15) is 4.79 Å². The summed E-state index contributed by atoms with van der Waals surface area (Å²) in [6, 6.07) is 12.2. The highest BCUT2D eigenvalue weighted by Crippen LogP contribution is 2.23. The van der Waals surface area contributed by atoms with Gasteiger partial charge in [0.15, 0.2) is 5.78 Å². The van der Waals surface area contributed by atoms with E-state index in [2.05, 4.69) is 39.8 Å². The normalized spacial score (nSPS) is 10.7. The summed E-state index contributed by atoms with van der Waals surface area (Å²) in [6.45, 7) is 8.49. The van der Waals surface area contributed by atoms with Gasteiger partial charge >= 0.3 is 0 Å². The third-order valence-electron chi connectivity index (χ3n) is 4.42. The molecule has 0 N–H and O–H groups in total. The van der Waals surface area contributed by atoms with Gasteiger partial charge in [-0.15, -0.1) is 0 Å². The van der Waals surface area contributed by atoms with Crippen LogP contribution in [0.25, 0.3) is 0 Å². The molecule has 0 spiro atoms. The largest absolute Gasteiger partial charge is 0.289 e. The number of carbonyl (C=O) groups excluding carboxylic acids is 1. The second kappa shape index (κ2) is 7.40. The van der Waals surface area contributed by atoms with Crippen LogP contribution in [0, 0.1) is 13.8 Å². The molecule has 2 rings (SSSR count). The van der Waals surface area contributed by atoms with Gasteiger partial charge in [0, 0.05) is 11.1 Å². The number of carbonyl (C=O) groups is 1. The van der Waals surface area contributed by atoms with Crippen molar-refractivity contribution in [3.05, 3.63) is 69.8 Å². The summed E-state index contributed by atoms with van der Waals surface area (Å²) < 4.78 is 0. The summed E-state index contributed by atoms with van der Waals surface area (Å²) in [5.74, 6) is 0.158. The smallest absolute Gasteiger partial charge is 0.193 e. The van der Waals surface area contributed by atoms with Crippen molar-refractivity contribution in [2.45, 2.75) is 53.4 Å². The van der Waals surface area contributed by atoms with Crippen LogP contribution in [-0.2, 0) is 12.8 Å². The molecule has 0 aromatic heterocycles. The first kappa shape index (κ1) is 16.5. The van der Waals surface area contributed by atoms with Gasteiger partial charge < -0.3 is 0 Å². The molecule has 2 aromatic rings. The zero-order valence-corrected chi connectivity index (χ0v) is 14.2. The fraction of sp³-hybridized carbons (Fsp3) is 0.381. The van der Waals surface area contributed by atoms with Crippen LogP contribution in [-0.4, -0.2) is 5.78 Å². The fourth-order valence-corrected chi connectivity index (χ4v) is 3.08. The van der Waals surface area contributed by atoms with E-state index in [1.54, 1.807) is 0 Å². The number of rotatable bonds is 6. The van der Waals surface area contributed by atoms with Crippen LogP contribution < -0.4 is 0 Å². The van der Waals surface area contributed by atoms with E-state index in [0.29, 0.717) is 0 Å². The maximum Gasteiger partial charge on any atom is 0.193 e. The molecule has 0 radical (unpaired) electrons. The minimum absolute atomic E-state index is 0.158. The highest BCUT2D eigenvalue weighted by atomic mass is 16.1. The van der Waals surface area contributed by atoms with E-state index in [1.165, 1.54) is 11.1 Å². The van der Waals surface area contributed by atoms with Crippen molar-refractivity contribution in [3.63, 3.8) is 0 Å². The van der Waals surface area contributed by atoms with E-state index in [4.69, 9.17) is 0 Å². The zero-order valence-electron chi connectivity index (χ0n) is 14.2. The van der Waals surface area contributed by atoms with Crippen LogP contribution in [0.3, 0.4) is 0 Å². The molecule has 0 saturated heterocycles. The second-order valence-electron chi connectivity index (χ2n) is 6.01. The van der Waals surface area contributed by atoms with E-state index in [1.807, 2.05) is 24.3 Å². The lowest BCUT2D eigenvalue weighted by molar-refractivity contribution is 0.103. The third-order valence-corrected chi connectivity index (χ3v) is 4.42. The standard InChI is InChI=1S/C21H26O/c1-5-9-17-11-7-13-19(15(17)3)21(22)20-14-8-12-18(10-6-2)16(20)4/h7-8,11-14H,5-6,9-10H2,1-4H3.